The molecule has 74 valence electrons. The summed E-state index contributed by atoms with van der Waals surface area (Å²) in [5.74, 6) is 0. The van der Waals surface area contributed by atoms with Gasteiger partial charge in [0.1, 0.15) is 0 Å². The molecule has 0 spiro atoms. The van der Waals surface area contributed by atoms with Crippen LogP contribution in [0.4, 0.5) is 0 Å². The average molecular weight is 172 g/mol. The van der Waals surface area contributed by atoms with E-state index in [0.717, 1.165) is 6.54 Å². The van der Waals surface area contributed by atoms with Crippen LogP contribution in [0.3, 0.4) is 0 Å². The predicted molar refractivity (Wildman–Crippen MR) is 55.5 cm³/mol. The Bertz CT molecular complexity index is 113. The first kappa shape index (κ1) is 11.9. The molecule has 0 bridgehead atoms. The minimum Gasteiger partial charge on any atom is -0.312 e. The second kappa shape index (κ2) is 4.83. The molecule has 1 unspecified atom stereocenters. The third kappa shape index (κ3) is 6.62. The van der Waals surface area contributed by atoms with E-state index in [-0.39, 0.29) is 5.54 Å². The second-order valence-corrected chi connectivity index (χ2v) is 4.78. The Morgan fingerprint density at radius 1 is 1.25 bits per heavy atom. The summed E-state index contributed by atoms with van der Waals surface area (Å²) in [7, 11) is 4.25. The van der Waals surface area contributed by atoms with Gasteiger partial charge in [-0.25, -0.2) is 0 Å². The molecule has 0 radical (unpaired) electrons. The molecule has 0 aromatic rings. The van der Waals surface area contributed by atoms with E-state index in [4.69, 9.17) is 0 Å². The lowest BCUT2D eigenvalue weighted by molar-refractivity contribution is 0.285. The lowest BCUT2D eigenvalue weighted by Crippen LogP contribution is -2.38. The van der Waals surface area contributed by atoms with E-state index in [0.29, 0.717) is 6.04 Å². The van der Waals surface area contributed by atoms with Crippen molar-refractivity contribution in [3.05, 3.63) is 0 Å². The van der Waals surface area contributed by atoms with Gasteiger partial charge in [0.25, 0.3) is 0 Å². The second-order valence-electron chi connectivity index (χ2n) is 4.78. The number of hydrogen-bond acceptors (Lipinski definition) is 2. The molecule has 0 fully saturated rings. The highest BCUT2D eigenvalue weighted by atomic mass is 15.1. The Hall–Kier alpha value is -0.0800. The monoisotopic (exact) mass is 172 g/mol. The van der Waals surface area contributed by atoms with Gasteiger partial charge in [0.2, 0.25) is 0 Å². The van der Waals surface area contributed by atoms with E-state index >= 15 is 0 Å². The predicted octanol–water partition coefficient (Wildman–Crippen LogP) is 1.71. The van der Waals surface area contributed by atoms with Gasteiger partial charge in [0.05, 0.1) is 0 Å². The molecule has 0 rings (SSSR count). The number of nitrogens with one attached hydrogen (secondary N) is 1. The van der Waals surface area contributed by atoms with Gasteiger partial charge in [-0.2, -0.15) is 0 Å². The van der Waals surface area contributed by atoms with Gasteiger partial charge >= 0.3 is 0 Å². The van der Waals surface area contributed by atoms with Crippen LogP contribution in [0, 0.1) is 0 Å². The van der Waals surface area contributed by atoms with E-state index in [1.54, 1.807) is 0 Å². The zero-order chi connectivity index (χ0) is 9.78. The quantitative estimate of drug-likeness (QED) is 0.694. The van der Waals surface area contributed by atoms with Gasteiger partial charge in [-0.3, -0.25) is 0 Å². The van der Waals surface area contributed by atoms with Crippen molar-refractivity contribution in [3.8, 4) is 0 Å². The van der Waals surface area contributed by atoms with Crippen molar-refractivity contribution in [3.63, 3.8) is 0 Å². The molecule has 0 saturated carbocycles. The van der Waals surface area contributed by atoms with Gasteiger partial charge < -0.3 is 10.2 Å². The molecule has 2 heteroatoms. The van der Waals surface area contributed by atoms with Crippen LogP contribution in [0.5, 0.6) is 0 Å². The molecular weight excluding hydrogens is 148 g/mol. The Labute approximate surface area is 77.3 Å². The number of rotatable bonds is 4. The summed E-state index contributed by atoms with van der Waals surface area (Å²) >= 11 is 0. The summed E-state index contributed by atoms with van der Waals surface area (Å²) < 4.78 is 0. The Morgan fingerprint density at radius 3 is 2.08 bits per heavy atom. The molecule has 0 aromatic heterocycles. The highest BCUT2D eigenvalue weighted by Crippen LogP contribution is 2.01. The molecule has 0 aliphatic carbocycles. The third-order valence-corrected chi connectivity index (χ3v) is 2.10. The van der Waals surface area contributed by atoms with Crippen molar-refractivity contribution < 1.29 is 0 Å². The standard InChI is InChI=1S/C10H24N2/c1-9(12(5)6)7-8-11-10(2,3)4/h9,11H,7-8H2,1-6H3. The molecule has 0 saturated heterocycles. The van der Waals surface area contributed by atoms with Crippen LogP contribution in [0.15, 0.2) is 0 Å². The van der Waals surface area contributed by atoms with Crippen molar-refractivity contribution in [1.29, 1.82) is 0 Å². The minimum absolute atomic E-state index is 0.256. The normalized spacial score (nSPS) is 15.2. The summed E-state index contributed by atoms with van der Waals surface area (Å²) in [4.78, 5) is 2.25. The molecule has 0 aliphatic heterocycles. The summed E-state index contributed by atoms with van der Waals surface area (Å²) in [5.41, 5.74) is 0.256. The van der Waals surface area contributed by atoms with Crippen molar-refractivity contribution in [2.24, 2.45) is 0 Å². The van der Waals surface area contributed by atoms with Crippen LogP contribution in [-0.4, -0.2) is 37.1 Å². The van der Waals surface area contributed by atoms with E-state index in [9.17, 15) is 0 Å². The van der Waals surface area contributed by atoms with Gasteiger partial charge in [0.15, 0.2) is 0 Å². The van der Waals surface area contributed by atoms with Crippen molar-refractivity contribution >= 4 is 0 Å². The van der Waals surface area contributed by atoms with Crippen molar-refractivity contribution in [2.45, 2.75) is 45.7 Å². The smallest absolute Gasteiger partial charge is 0.00965 e. The van der Waals surface area contributed by atoms with Gasteiger partial charge in [-0.05, 0) is 54.8 Å². The highest BCUT2D eigenvalue weighted by Gasteiger charge is 2.09. The van der Waals surface area contributed by atoms with Gasteiger partial charge in [-0.1, -0.05) is 0 Å². The maximum absolute atomic E-state index is 3.48. The Balaban J connectivity index is 3.44. The summed E-state index contributed by atoms with van der Waals surface area (Å²) in [6.07, 6.45) is 1.21. The summed E-state index contributed by atoms with van der Waals surface area (Å²) in [6.45, 7) is 9.96. The van der Waals surface area contributed by atoms with Crippen LogP contribution < -0.4 is 5.32 Å². The molecular formula is C10H24N2. The minimum atomic E-state index is 0.256. The molecule has 0 amide bonds. The van der Waals surface area contributed by atoms with E-state index in [1.807, 2.05) is 0 Å². The lowest BCUT2D eigenvalue weighted by Gasteiger charge is -2.24. The SMILES string of the molecule is CC(CCNC(C)(C)C)N(C)C. The van der Waals surface area contributed by atoms with Gasteiger partial charge in [-0.15, -0.1) is 0 Å². The van der Waals surface area contributed by atoms with Crippen LogP contribution in [0.2, 0.25) is 0 Å². The first-order valence-corrected chi connectivity index (χ1v) is 4.74. The Morgan fingerprint density at radius 2 is 1.75 bits per heavy atom. The Kier molecular flexibility index (Phi) is 4.80. The van der Waals surface area contributed by atoms with E-state index in [1.165, 1.54) is 6.42 Å². The fourth-order valence-electron chi connectivity index (χ4n) is 0.914. The third-order valence-electron chi connectivity index (χ3n) is 2.10. The zero-order valence-corrected chi connectivity index (χ0v) is 9.44. The molecule has 1 atom stereocenters. The highest BCUT2D eigenvalue weighted by molar-refractivity contribution is 4.71. The first-order chi connectivity index (χ1) is 5.33. The van der Waals surface area contributed by atoms with Gasteiger partial charge in [0, 0.05) is 11.6 Å². The molecule has 0 aliphatic rings. The average Bonchev–Trinajstić information content (AvgIpc) is 1.84. The number of hydrogen-bond donors (Lipinski definition) is 1. The van der Waals surface area contributed by atoms with Crippen LogP contribution >= 0.6 is 0 Å². The topological polar surface area (TPSA) is 15.3 Å². The molecule has 12 heavy (non-hydrogen) atoms. The van der Waals surface area contributed by atoms with Crippen LogP contribution in [-0.2, 0) is 0 Å². The van der Waals surface area contributed by atoms with Crippen LogP contribution in [0.25, 0.3) is 0 Å². The summed E-state index contributed by atoms with van der Waals surface area (Å²) in [6, 6.07) is 0.667. The van der Waals surface area contributed by atoms with Crippen LogP contribution in [0.1, 0.15) is 34.1 Å². The molecule has 1 N–H and O–H groups in total. The van der Waals surface area contributed by atoms with E-state index in [2.05, 4.69) is 52.0 Å². The van der Waals surface area contributed by atoms with E-state index < -0.39 is 0 Å². The molecule has 0 aromatic carbocycles. The molecule has 0 heterocycles. The summed E-state index contributed by atoms with van der Waals surface area (Å²) in [5, 5.41) is 3.48. The van der Waals surface area contributed by atoms with Crippen molar-refractivity contribution in [1.82, 2.24) is 10.2 Å². The fraction of sp³-hybridized carbons (Fsp3) is 1.00. The maximum Gasteiger partial charge on any atom is 0.00965 e. The van der Waals surface area contributed by atoms with Crippen molar-refractivity contribution in [2.75, 3.05) is 20.6 Å². The first-order valence-electron chi connectivity index (χ1n) is 4.74. The zero-order valence-electron chi connectivity index (χ0n) is 9.44. The number of nitrogens with zero attached hydrogens (tertiary/aromatic N) is 1. The fourth-order valence-corrected chi connectivity index (χ4v) is 0.914. The largest absolute Gasteiger partial charge is 0.312 e. The lowest BCUT2D eigenvalue weighted by atomic mass is 10.1. The maximum atomic E-state index is 3.48. The molecule has 2 nitrogen and oxygen atoms in total.